The van der Waals surface area contributed by atoms with Crippen molar-refractivity contribution in [1.82, 2.24) is 5.32 Å². The molecular weight excluding hydrogens is 266 g/mol. The van der Waals surface area contributed by atoms with Crippen molar-refractivity contribution >= 4 is 23.0 Å². The van der Waals surface area contributed by atoms with Gasteiger partial charge in [-0.15, -0.1) is 0 Å². The first-order valence-electron chi connectivity index (χ1n) is 6.53. The van der Waals surface area contributed by atoms with E-state index in [1.165, 1.54) is 24.6 Å². The van der Waals surface area contributed by atoms with Gasteiger partial charge in [-0.05, 0) is 44.1 Å². The topological polar surface area (TPSA) is 24.1 Å². The van der Waals surface area contributed by atoms with E-state index in [2.05, 4.69) is 17.6 Å². The lowest BCUT2D eigenvalue weighted by Crippen LogP contribution is -2.48. The van der Waals surface area contributed by atoms with Gasteiger partial charge in [-0.2, -0.15) is 0 Å². The molecular formula is C14H18F2N2S. The molecule has 2 N–H and O–H groups in total. The number of hydrogen-bond donors (Lipinski definition) is 2. The highest BCUT2D eigenvalue weighted by Gasteiger charge is 2.27. The molecule has 1 fully saturated rings. The molecule has 1 aromatic carbocycles. The Morgan fingerprint density at radius 3 is 2.32 bits per heavy atom. The fourth-order valence-electron chi connectivity index (χ4n) is 2.49. The standard InChI is InChI=1S/C14H18F2N2S/c1-14(8-3-2-4-9-14)18-13(19)17-12-10(15)6-5-7-11(12)16/h5-7H,2-4,8-9H2,1H3,(H2,17,18,19). The van der Waals surface area contributed by atoms with Crippen molar-refractivity contribution in [2.45, 2.75) is 44.6 Å². The van der Waals surface area contributed by atoms with E-state index in [1.807, 2.05) is 0 Å². The van der Waals surface area contributed by atoms with Gasteiger partial charge in [0, 0.05) is 5.54 Å². The average molecular weight is 284 g/mol. The highest BCUT2D eigenvalue weighted by atomic mass is 32.1. The van der Waals surface area contributed by atoms with Gasteiger partial charge in [0.2, 0.25) is 0 Å². The van der Waals surface area contributed by atoms with Crippen molar-refractivity contribution in [1.29, 1.82) is 0 Å². The van der Waals surface area contributed by atoms with Crippen LogP contribution in [0, 0.1) is 11.6 Å². The van der Waals surface area contributed by atoms with E-state index in [9.17, 15) is 8.78 Å². The van der Waals surface area contributed by atoms with E-state index in [0.717, 1.165) is 25.7 Å². The maximum Gasteiger partial charge on any atom is 0.171 e. The van der Waals surface area contributed by atoms with Crippen LogP contribution < -0.4 is 10.6 Å². The molecule has 0 atom stereocenters. The van der Waals surface area contributed by atoms with Crippen molar-refractivity contribution in [2.75, 3.05) is 5.32 Å². The molecule has 0 radical (unpaired) electrons. The third-order valence-corrected chi connectivity index (χ3v) is 3.78. The van der Waals surface area contributed by atoms with Crippen molar-refractivity contribution < 1.29 is 8.78 Å². The second-order valence-corrected chi connectivity index (χ2v) is 5.71. The normalized spacial score (nSPS) is 17.8. The van der Waals surface area contributed by atoms with Crippen LogP contribution in [0.2, 0.25) is 0 Å². The summed E-state index contributed by atoms with van der Waals surface area (Å²) in [6.07, 6.45) is 5.59. The first-order valence-corrected chi connectivity index (χ1v) is 6.94. The molecule has 1 aliphatic carbocycles. The highest BCUT2D eigenvalue weighted by Crippen LogP contribution is 2.27. The number of hydrogen-bond acceptors (Lipinski definition) is 1. The Balaban J connectivity index is 2.01. The average Bonchev–Trinajstić information content (AvgIpc) is 2.34. The first kappa shape index (κ1) is 14.2. The molecule has 0 saturated heterocycles. The lowest BCUT2D eigenvalue weighted by atomic mass is 9.83. The van der Waals surface area contributed by atoms with Crippen LogP contribution in [0.15, 0.2) is 18.2 Å². The molecule has 1 aromatic rings. The Kier molecular flexibility index (Phi) is 4.34. The Hall–Kier alpha value is -1.23. The second-order valence-electron chi connectivity index (χ2n) is 5.30. The maximum absolute atomic E-state index is 13.5. The number of anilines is 1. The molecule has 0 amide bonds. The molecule has 0 heterocycles. The quantitative estimate of drug-likeness (QED) is 0.803. The molecule has 5 heteroatoms. The van der Waals surface area contributed by atoms with Crippen molar-refractivity contribution in [2.24, 2.45) is 0 Å². The third kappa shape index (κ3) is 3.62. The van der Waals surface area contributed by atoms with Crippen LogP contribution in [0.25, 0.3) is 0 Å². The third-order valence-electron chi connectivity index (χ3n) is 3.57. The summed E-state index contributed by atoms with van der Waals surface area (Å²) in [6.45, 7) is 2.10. The smallest absolute Gasteiger partial charge is 0.171 e. The zero-order valence-electron chi connectivity index (χ0n) is 10.9. The molecule has 2 rings (SSSR count). The number of halogens is 2. The molecule has 0 bridgehead atoms. The minimum Gasteiger partial charge on any atom is -0.357 e. The van der Waals surface area contributed by atoms with Crippen LogP contribution in [0.5, 0.6) is 0 Å². The van der Waals surface area contributed by atoms with E-state index < -0.39 is 11.6 Å². The van der Waals surface area contributed by atoms with Gasteiger partial charge in [0.05, 0.1) is 0 Å². The Morgan fingerprint density at radius 2 is 1.74 bits per heavy atom. The maximum atomic E-state index is 13.5. The predicted octanol–water partition coefficient (Wildman–Crippen LogP) is 3.97. The van der Waals surface area contributed by atoms with E-state index >= 15 is 0 Å². The number of rotatable bonds is 2. The largest absolute Gasteiger partial charge is 0.357 e. The van der Waals surface area contributed by atoms with Gasteiger partial charge < -0.3 is 10.6 Å². The number of nitrogens with one attached hydrogen (secondary N) is 2. The summed E-state index contributed by atoms with van der Waals surface area (Å²) < 4.78 is 27.0. The number of benzene rings is 1. The number of para-hydroxylation sites is 1. The molecule has 1 saturated carbocycles. The molecule has 1 aliphatic rings. The molecule has 0 unspecified atom stereocenters. The van der Waals surface area contributed by atoms with Crippen LogP contribution in [0.1, 0.15) is 39.0 Å². The summed E-state index contributed by atoms with van der Waals surface area (Å²) in [7, 11) is 0. The molecule has 104 valence electrons. The van der Waals surface area contributed by atoms with Crippen molar-refractivity contribution in [3.05, 3.63) is 29.8 Å². The fourth-order valence-corrected chi connectivity index (χ4v) is 2.84. The Morgan fingerprint density at radius 1 is 1.16 bits per heavy atom. The second kappa shape index (κ2) is 5.82. The van der Waals surface area contributed by atoms with Crippen LogP contribution in [-0.2, 0) is 0 Å². The lowest BCUT2D eigenvalue weighted by molar-refractivity contribution is 0.292. The van der Waals surface area contributed by atoms with Gasteiger partial charge in [0.25, 0.3) is 0 Å². The van der Waals surface area contributed by atoms with E-state index in [4.69, 9.17) is 12.2 Å². The summed E-state index contributed by atoms with van der Waals surface area (Å²) in [6, 6.07) is 3.74. The summed E-state index contributed by atoms with van der Waals surface area (Å²) in [5.74, 6) is -1.28. The van der Waals surface area contributed by atoms with Gasteiger partial charge in [0.15, 0.2) is 5.11 Å². The summed E-state index contributed by atoms with van der Waals surface area (Å²) in [5.41, 5.74) is -0.274. The Labute approximate surface area is 117 Å². The Bertz CT molecular complexity index is 450. The van der Waals surface area contributed by atoms with Gasteiger partial charge in [-0.3, -0.25) is 0 Å². The highest BCUT2D eigenvalue weighted by molar-refractivity contribution is 7.80. The minimum atomic E-state index is -0.641. The van der Waals surface area contributed by atoms with E-state index in [1.54, 1.807) is 0 Å². The zero-order chi connectivity index (χ0) is 13.9. The predicted molar refractivity (Wildman–Crippen MR) is 77.2 cm³/mol. The molecule has 2 nitrogen and oxygen atoms in total. The monoisotopic (exact) mass is 284 g/mol. The molecule has 0 aliphatic heterocycles. The number of thiocarbonyl (C=S) groups is 1. The van der Waals surface area contributed by atoms with E-state index in [0.29, 0.717) is 0 Å². The van der Waals surface area contributed by atoms with Crippen LogP contribution >= 0.6 is 12.2 Å². The van der Waals surface area contributed by atoms with E-state index in [-0.39, 0.29) is 16.3 Å². The van der Waals surface area contributed by atoms with Gasteiger partial charge in [-0.1, -0.05) is 25.3 Å². The summed E-state index contributed by atoms with van der Waals surface area (Å²) in [4.78, 5) is 0. The van der Waals surface area contributed by atoms with Crippen LogP contribution in [-0.4, -0.2) is 10.7 Å². The minimum absolute atomic E-state index is 0.0793. The fraction of sp³-hybridized carbons (Fsp3) is 0.500. The molecule has 0 spiro atoms. The van der Waals surface area contributed by atoms with Crippen LogP contribution in [0.4, 0.5) is 14.5 Å². The zero-order valence-corrected chi connectivity index (χ0v) is 11.7. The lowest BCUT2D eigenvalue weighted by Gasteiger charge is -2.35. The molecule has 0 aromatic heterocycles. The van der Waals surface area contributed by atoms with Gasteiger partial charge in [-0.25, -0.2) is 8.78 Å². The summed E-state index contributed by atoms with van der Waals surface area (Å²) in [5, 5.41) is 6.08. The molecule has 19 heavy (non-hydrogen) atoms. The first-order chi connectivity index (χ1) is 9.00. The van der Waals surface area contributed by atoms with Gasteiger partial charge >= 0.3 is 0 Å². The van der Waals surface area contributed by atoms with Crippen molar-refractivity contribution in [3.8, 4) is 0 Å². The SMILES string of the molecule is CC1(NC(=S)Nc2c(F)cccc2F)CCCCC1. The van der Waals surface area contributed by atoms with Gasteiger partial charge in [0.1, 0.15) is 17.3 Å². The summed E-state index contributed by atoms with van der Waals surface area (Å²) >= 11 is 5.15. The van der Waals surface area contributed by atoms with Crippen molar-refractivity contribution in [3.63, 3.8) is 0 Å². The van der Waals surface area contributed by atoms with Crippen LogP contribution in [0.3, 0.4) is 0 Å².